The van der Waals surface area contributed by atoms with E-state index in [4.69, 9.17) is 0 Å². The lowest BCUT2D eigenvalue weighted by molar-refractivity contribution is -0.136. The van der Waals surface area contributed by atoms with Gasteiger partial charge < -0.3 is 10.4 Å². The van der Waals surface area contributed by atoms with E-state index in [1.165, 1.54) is 27.9 Å². The summed E-state index contributed by atoms with van der Waals surface area (Å²) < 4.78 is 23.6. The van der Waals surface area contributed by atoms with Gasteiger partial charge in [0.15, 0.2) is 0 Å². The van der Waals surface area contributed by atoms with Gasteiger partial charge in [0, 0.05) is 20.6 Å². The van der Waals surface area contributed by atoms with E-state index in [2.05, 4.69) is 5.32 Å². The summed E-state index contributed by atoms with van der Waals surface area (Å²) >= 11 is 0. The Kier molecular flexibility index (Phi) is 4.69. The molecule has 0 aliphatic carbocycles. The van der Waals surface area contributed by atoms with E-state index in [9.17, 15) is 18.3 Å². The summed E-state index contributed by atoms with van der Waals surface area (Å²) in [7, 11) is -0.455. The van der Waals surface area contributed by atoms with Crippen molar-refractivity contribution >= 4 is 15.9 Å². The van der Waals surface area contributed by atoms with Crippen molar-refractivity contribution in [1.29, 1.82) is 0 Å². The number of nitrogens with zero attached hydrogens (tertiary/aromatic N) is 1. The van der Waals surface area contributed by atoms with Crippen LogP contribution in [0.3, 0.4) is 0 Å². The lowest BCUT2D eigenvalue weighted by Crippen LogP contribution is -2.44. The summed E-state index contributed by atoms with van der Waals surface area (Å²) in [5.74, 6) is -0.765. The molecule has 0 aromatic heterocycles. The first-order valence-electron chi connectivity index (χ1n) is 4.48. The fourth-order valence-electron chi connectivity index (χ4n) is 0.692. The number of hydrogen-bond donors (Lipinski definition) is 2. The molecule has 0 aliphatic rings. The topological polar surface area (TPSA) is 86.7 Å². The van der Waals surface area contributed by atoms with Crippen molar-refractivity contribution in [3.05, 3.63) is 0 Å². The molecule has 0 aliphatic heterocycles. The van der Waals surface area contributed by atoms with Gasteiger partial charge >= 0.3 is 0 Å². The van der Waals surface area contributed by atoms with Crippen molar-refractivity contribution < 1.29 is 18.3 Å². The van der Waals surface area contributed by atoms with Crippen LogP contribution < -0.4 is 5.32 Å². The predicted molar refractivity (Wildman–Crippen MR) is 56.8 cm³/mol. The number of carbonyl (C=O) groups is 1. The molecule has 1 amide bonds. The van der Waals surface area contributed by atoms with Crippen LogP contribution in [0.4, 0.5) is 0 Å². The molecule has 0 unspecified atom stereocenters. The molecule has 0 bridgehead atoms. The molecule has 0 aromatic rings. The molecule has 0 spiro atoms. The van der Waals surface area contributed by atoms with Gasteiger partial charge in [0.1, 0.15) is 5.60 Å². The number of carbonyl (C=O) groups excluding carboxylic acids is 1. The first-order valence-corrected chi connectivity index (χ1v) is 6.09. The minimum Gasteiger partial charge on any atom is -0.381 e. The van der Waals surface area contributed by atoms with Crippen LogP contribution in [0.1, 0.15) is 13.8 Å². The maximum atomic E-state index is 11.3. The summed E-state index contributed by atoms with van der Waals surface area (Å²) in [6, 6.07) is 0. The van der Waals surface area contributed by atoms with Crippen LogP contribution in [0.15, 0.2) is 0 Å². The first-order chi connectivity index (χ1) is 6.57. The van der Waals surface area contributed by atoms with Crippen LogP contribution in [0.25, 0.3) is 0 Å². The Morgan fingerprint density at radius 1 is 1.40 bits per heavy atom. The van der Waals surface area contributed by atoms with Crippen molar-refractivity contribution in [2.24, 2.45) is 0 Å². The Bertz CT molecular complexity index is 316. The van der Waals surface area contributed by atoms with Crippen molar-refractivity contribution in [3.8, 4) is 0 Å². The van der Waals surface area contributed by atoms with Gasteiger partial charge in [-0.05, 0) is 13.8 Å². The van der Waals surface area contributed by atoms with E-state index in [0.29, 0.717) is 0 Å². The van der Waals surface area contributed by atoms with Gasteiger partial charge in [0.05, 0.1) is 5.75 Å². The number of amides is 1. The number of aliphatic hydroxyl groups is 1. The van der Waals surface area contributed by atoms with E-state index in [-0.39, 0.29) is 12.3 Å². The molecule has 7 heteroatoms. The highest BCUT2D eigenvalue weighted by Gasteiger charge is 2.23. The zero-order valence-electron chi connectivity index (χ0n) is 9.44. The predicted octanol–water partition coefficient (Wildman–Crippen LogP) is -1.24. The minimum absolute atomic E-state index is 0.0106. The van der Waals surface area contributed by atoms with E-state index < -0.39 is 21.5 Å². The third-order valence-electron chi connectivity index (χ3n) is 1.76. The third-order valence-corrected chi connectivity index (χ3v) is 3.59. The van der Waals surface area contributed by atoms with Gasteiger partial charge in [-0.15, -0.1) is 0 Å². The number of hydrogen-bond acceptors (Lipinski definition) is 4. The highest BCUT2D eigenvalue weighted by Crippen LogP contribution is 2.00. The summed E-state index contributed by atoms with van der Waals surface area (Å²) in [5.41, 5.74) is -1.48. The van der Waals surface area contributed by atoms with Gasteiger partial charge in [0.2, 0.25) is 10.0 Å². The highest BCUT2D eigenvalue weighted by molar-refractivity contribution is 7.89. The lowest BCUT2D eigenvalue weighted by Gasteiger charge is -2.17. The second-order valence-corrected chi connectivity index (χ2v) is 6.22. The summed E-state index contributed by atoms with van der Waals surface area (Å²) in [4.78, 5) is 11.2. The molecular weight excluding hydrogens is 220 g/mol. The molecule has 6 nitrogen and oxygen atoms in total. The second kappa shape index (κ2) is 4.91. The number of rotatable bonds is 5. The molecule has 0 heterocycles. The lowest BCUT2D eigenvalue weighted by atomic mass is 10.1. The Hall–Kier alpha value is -0.660. The SMILES string of the molecule is CN(C)S(=O)(=O)CCNC(=O)C(C)(C)O. The summed E-state index contributed by atoms with van der Waals surface area (Å²) in [6.45, 7) is 2.66. The van der Waals surface area contributed by atoms with Crippen molar-refractivity contribution in [3.63, 3.8) is 0 Å². The molecule has 90 valence electrons. The molecule has 0 aromatic carbocycles. The summed E-state index contributed by atoms with van der Waals surface area (Å²) in [5, 5.41) is 11.6. The van der Waals surface area contributed by atoms with Gasteiger partial charge in [-0.1, -0.05) is 0 Å². The van der Waals surface area contributed by atoms with Crippen LogP contribution in [0, 0.1) is 0 Å². The Morgan fingerprint density at radius 3 is 2.20 bits per heavy atom. The van der Waals surface area contributed by atoms with E-state index >= 15 is 0 Å². The standard InChI is InChI=1S/C8H18N2O4S/c1-8(2,12)7(11)9-5-6-15(13,14)10(3)4/h12H,5-6H2,1-4H3,(H,9,11). The van der Waals surface area contributed by atoms with Crippen molar-refractivity contribution in [2.75, 3.05) is 26.4 Å². The van der Waals surface area contributed by atoms with E-state index in [0.717, 1.165) is 4.31 Å². The monoisotopic (exact) mass is 238 g/mol. The van der Waals surface area contributed by atoms with E-state index in [1.807, 2.05) is 0 Å². The largest absolute Gasteiger partial charge is 0.381 e. The van der Waals surface area contributed by atoms with Gasteiger partial charge in [-0.2, -0.15) is 0 Å². The highest BCUT2D eigenvalue weighted by atomic mass is 32.2. The zero-order chi connectivity index (χ0) is 12.3. The van der Waals surface area contributed by atoms with Crippen LogP contribution in [-0.2, 0) is 14.8 Å². The quantitative estimate of drug-likeness (QED) is 0.627. The number of nitrogens with one attached hydrogen (secondary N) is 1. The third kappa shape index (κ3) is 5.10. The maximum absolute atomic E-state index is 11.3. The Labute approximate surface area is 90.3 Å². The van der Waals surface area contributed by atoms with Crippen LogP contribution in [-0.4, -0.2) is 55.7 Å². The summed E-state index contributed by atoms with van der Waals surface area (Å²) in [6.07, 6.45) is 0. The fourth-order valence-corrected chi connectivity index (χ4v) is 1.42. The van der Waals surface area contributed by atoms with E-state index in [1.54, 1.807) is 0 Å². The first kappa shape index (κ1) is 14.3. The van der Waals surface area contributed by atoms with Gasteiger partial charge in [-0.3, -0.25) is 4.79 Å². The Morgan fingerprint density at radius 2 is 1.87 bits per heavy atom. The molecule has 15 heavy (non-hydrogen) atoms. The molecule has 0 saturated carbocycles. The van der Waals surface area contributed by atoms with Crippen LogP contribution in [0.5, 0.6) is 0 Å². The molecule has 2 N–H and O–H groups in total. The molecule has 0 radical (unpaired) electrons. The molecular formula is C8H18N2O4S. The molecule has 0 atom stereocenters. The maximum Gasteiger partial charge on any atom is 0.251 e. The molecule has 0 fully saturated rings. The van der Waals surface area contributed by atoms with Crippen LogP contribution >= 0.6 is 0 Å². The molecule has 0 rings (SSSR count). The van der Waals surface area contributed by atoms with Gasteiger partial charge in [-0.25, -0.2) is 12.7 Å². The second-order valence-electron chi connectivity index (χ2n) is 3.91. The van der Waals surface area contributed by atoms with Crippen molar-refractivity contribution in [1.82, 2.24) is 9.62 Å². The zero-order valence-corrected chi connectivity index (χ0v) is 10.3. The van der Waals surface area contributed by atoms with Crippen LogP contribution in [0.2, 0.25) is 0 Å². The molecule has 0 saturated heterocycles. The smallest absolute Gasteiger partial charge is 0.251 e. The normalized spacial score (nSPS) is 12.9. The number of sulfonamides is 1. The average molecular weight is 238 g/mol. The van der Waals surface area contributed by atoms with Gasteiger partial charge in [0.25, 0.3) is 5.91 Å². The fraction of sp³-hybridized carbons (Fsp3) is 0.875. The minimum atomic E-state index is -3.30. The van der Waals surface area contributed by atoms with Crippen molar-refractivity contribution in [2.45, 2.75) is 19.4 Å². The average Bonchev–Trinajstić information content (AvgIpc) is 2.01. The Balaban J connectivity index is 4.08.